The Morgan fingerprint density at radius 1 is 1.11 bits per heavy atom. The van der Waals surface area contributed by atoms with E-state index in [0.29, 0.717) is 19.3 Å². The Labute approximate surface area is 160 Å². The molecule has 6 heteroatoms. The van der Waals surface area contributed by atoms with Gasteiger partial charge in [-0.2, -0.15) is 0 Å². The number of hydrogen-bond donors (Lipinski definition) is 1. The van der Waals surface area contributed by atoms with E-state index in [0.717, 1.165) is 5.56 Å². The molecule has 2 heterocycles. The first-order valence-electron chi connectivity index (χ1n) is 9.62. The van der Waals surface area contributed by atoms with E-state index in [2.05, 4.69) is 10.3 Å². The van der Waals surface area contributed by atoms with Crippen molar-refractivity contribution in [2.45, 2.75) is 52.1 Å². The molecule has 1 saturated heterocycles. The Bertz CT molecular complexity index is 718. The highest BCUT2D eigenvalue weighted by Crippen LogP contribution is 2.37. The van der Waals surface area contributed by atoms with Crippen LogP contribution in [0.1, 0.15) is 51.6 Å². The number of nitrogens with zero attached hydrogens (tertiary/aromatic N) is 2. The van der Waals surface area contributed by atoms with Gasteiger partial charge in [0.05, 0.1) is 17.9 Å². The average molecular weight is 369 g/mol. The second-order valence-corrected chi connectivity index (χ2v) is 7.86. The van der Waals surface area contributed by atoms with Crippen molar-refractivity contribution in [3.8, 4) is 0 Å². The van der Waals surface area contributed by atoms with Crippen molar-refractivity contribution in [1.29, 1.82) is 0 Å². The fourth-order valence-electron chi connectivity index (χ4n) is 3.95. The van der Waals surface area contributed by atoms with Crippen molar-refractivity contribution >= 4 is 17.7 Å². The molecule has 0 radical (unpaired) electrons. The van der Waals surface area contributed by atoms with Crippen molar-refractivity contribution in [2.75, 3.05) is 0 Å². The summed E-state index contributed by atoms with van der Waals surface area (Å²) in [6.07, 6.45) is 8.88. The molecule has 6 nitrogen and oxygen atoms in total. The lowest BCUT2D eigenvalue weighted by atomic mass is 9.85. The topological polar surface area (TPSA) is 79.4 Å². The predicted octanol–water partition coefficient (Wildman–Crippen LogP) is 2.62. The van der Waals surface area contributed by atoms with Crippen molar-refractivity contribution in [1.82, 2.24) is 15.2 Å². The van der Waals surface area contributed by atoms with E-state index in [-0.39, 0.29) is 41.5 Å². The van der Waals surface area contributed by atoms with Gasteiger partial charge in [0, 0.05) is 12.4 Å². The van der Waals surface area contributed by atoms with Gasteiger partial charge in [-0.3, -0.25) is 24.3 Å². The second kappa shape index (κ2) is 8.03. The average Bonchev–Trinajstić information content (AvgIpc) is 2.91. The third-order valence-corrected chi connectivity index (χ3v) is 5.42. The lowest BCUT2D eigenvalue weighted by Crippen LogP contribution is -2.51. The van der Waals surface area contributed by atoms with E-state index in [1.165, 1.54) is 4.90 Å². The van der Waals surface area contributed by atoms with Crippen molar-refractivity contribution in [2.24, 2.45) is 17.8 Å². The Morgan fingerprint density at radius 2 is 1.67 bits per heavy atom. The molecule has 1 aromatic rings. The van der Waals surface area contributed by atoms with Crippen LogP contribution in [0, 0.1) is 17.8 Å². The first kappa shape index (κ1) is 19.3. The summed E-state index contributed by atoms with van der Waals surface area (Å²) in [6.45, 7) is 5.87. The summed E-state index contributed by atoms with van der Waals surface area (Å²) < 4.78 is 0. The Morgan fingerprint density at radius 3 is 2.19 bits per heavy atom. The molecular formula is C21H27N3O3. The van der Waals surface area contributed by atoms with E-state index < -0.39 is 6.04 Å². The normalized spacial score (nSPS) is 24.1. The number of hydrogen-bond acceptors (Lipinski definition) is 4. The zero-order valence-electron chi connectivity index (χ0n) is 16.1. The molecule has 0 aromatic carbocycles. The highest BCUT2D eigenvalue weighted by Gasteiger charge is 2.51. The van der Waals surface area contributed by atoms with Gasteiger partial charge in [0.1, 0.15) is 6.04 Å². The lowest BCUT2D eigenvalue weighted by Gasteiger charge is -2.28. The summed E-state index contributed by atoms with van der Waals surface area (Å²) in [6, 6.07) is 2.69. The Balaban J connectivity index is 1.80. The zero-order valence-corrected chi connectivity index (χ0v) is 16.1. The van der Waals surface area contributed by atoms with E-state index >= 15 is 0 Å². The van der Waals surface area contributed by atoms with E-state index in [9.17, 15) is 14.4 Å². The van der Waals surface area contributed by atoms with Crippen molar-refractivity contribution in [3.63, 3.8) is 0 Å². The highest BCUT2D eigenvalue weighted by molar-refractivity contribution is 6.08. The summed E-state index contributed by atoms with van der Waals surface area (Å²) in [5, 5.41) is 2.97. The smallest absolute Gasteiger partial charge is 0.243 e. The van der Waals surface area contributed by atoms with Crippen molar-refractivity contribution < 1.29 is 14.4 Å². The number of aromatic nitrogens is 1. The number of imide groups is 1. The number of allylic oxidation sites excluding steroid dienone is 2. The third kappa shape index (κ3) is 3.94. The molecule has 4 unspecified atom stereocenters. The molecule has 1 fully saturated rings. The summed E-state index contributed by atoms with van der Waals surface area (Å²) in [4.78, 5) is 44.1. The molecular weight excluding hydrogens is 342 g/mol. The van der Waals surface area contributed by atoms with Gasteiger partial charge in [-0.1, -0.05) is 26.0 Å². The van der Waals surface area contributed by atoms with Gasteiger partial charge < -0.3 is 5.32 Å². The maximum absolute atomic E-state index is 13.1. The molecule has 27 heavy (non-hydrogen) atoms. The third-order valence-electron chi connectivity index (χ3n) is 5.42. The number of amides is 3. The molecule has 3 amide bonds. The first-order valence-corrected chi connectivity index (χ1v) is 9.62. The molecule has 1 aliphatic carbocycles. The number of rotatable bonds is 6. The summed E-state index contributed by atoms with van der Waals surface area (Å²) in [5.41, 5.74) is 0.929. The van der Waals surface area contributed by atoms with Crippen molar-refractivity contribution in [3.05, 3.63) is 42.2 Å². The van der Waals surface area contributed by atoms with Crippen LogP contribution in [-0.4, -0.2) is 33.6 Å². The molecule has 4 atom stereocenters. The first-order chi connectivity index (χ1) is 12.9. The number of likely N-dealkylation sites (tertiary alicyclic amines) is 1. The predicted molar refractivity (Wildman–Crippen MR) is 101 cm³/mol. The highest BCUT2D eigenvalue weighted by atomic mass is 16.2. The van der Waals surface area contributed by atoms with E-state index in [1.807, 2.05) is 45.1 Å². The van der Waals surface area contributed by atoms with E-state index in [4.69, 9.17) is 0 Å². The summed E-state index contributed by atoms with van der Waals surface area (Å²) >= 11 is 0. The van der Waals surface area contributed by atoms with Crippen LogP contribution in [-0.2, 0) is 14.4 Å². The molecule has 1 aliphatic heterocycles. The van der Waals surface area contributed by atoms with E-state index in [1.54, 1.807) is 12.4 Å². The zero-order chi connectivity index (χ0) is 19.6. The minimum Gasteiger partial charge on any atom is -0.348 e. The number of carbonyl (C=O) groups excluding carboxylic acids is 3. The minimum atomic E-state index is -0.764. The fraction of sp³-hybridized carbons (Fsp3) is 0.524. The largest absolute Gasteiger partial charge is 0.348 e. The van der Waals surface area contributed by atoms with Gasteiger partial charge in [0.2, 0.25) is 17.7 Å². The van der Waals surface area contributed by atoms with Crippen LogP contribution in [0.5, 0.6) is 0 Å². The molecule has 3 rings (SSSR count). The number of carbonyl (C=O) groups is 3. The number of pyridine rings is 1. The van der Waals surface area contributed by atoms with Gasteiger partial charge in [0.25, 0.3) is 0 Å². The van der Waals surface area contributed by atoms with Crippen LogP contribution in [0.2, 0.25) is 0 Å². The summed E-state index contributed by atoms with van der Waals surface area (Å²) in [7, 11) is 0. The van der Waals surface area contributed by atoms with Gasteiger partial charge in [-0.25, -0.2) is 0 Å². The SMILES string of the molecule is CC(C)CC(C(=O)NC(C)c1ccncc1)N1C(=O)C2CC=CCC2C1=O. The Kier molecular flexibility index (Phi) is 5.73. The maximum atomic E-state index is 13.1. The second-order valence-electron chi connectivity index (χ2n) is 7.86. The molecule has 0 bridgehead atoms. The Hall–Kier alpha value is -2.50. The van der Waals surface area contributed by atoms with Crippen LogP contribution in [0.3, 0.4) is 0 Å². The fourth-order valence-corrected chi connectivity index (χ4v) is 3.95. The molecule has 144 valence electrons. The number of nitrogens with one attached hydrogen (secondary N) is 1. The monoisotopic (exact) mass is 369 g/mol. The quantitative estimate of drug-likeness (QED) is 0.617. The van der Waals surface area contributed by atoms with Crippen LogP contribution in [0.15, 0.2) is 36.7 Å². The molecule has 0 saturated carbocycles. The van der Waals surface area contributed by atoms with Crippen LogP contribution in [0.25, 0.3) is 0 Å². The van der Waals surface area contributed by atoms with Crippen LogP contribution < -0.4 is 5.32 Å². The summed E-state index contributed by atoms with van der Waals surface area (Å²) in [5.74, 6) is -1.14. The van der Waals surface area contributed by atoms with Gasteiger partial charge in [-0.05, 0) is 49.8 Å². The lowest BCUT2D eigenvalue weighted by molar-refractivity contribution is -0.148. The standard InChI is InChI=1S/C21H27N3O3/c1-13(2)12-18(19(25)23-14(3)15-8-10-22-11-9-15)24-20(26)16-6-4-5-7-17(16)21(24)27/h4-5,8-11,13-14,16-18H,6-7,12H2,1-3H3,(H,23,25). The van der Waals surface area contributed by atoms with Gasteiger partial charge >= 0.3 is 0 Å². The molecule has 1 N–H and O–H groups in total. The van der Waals surface area contributed by atoms with Crippen LogP contribution >= 0.6 is 0 Å². The molecule has 1 aromatic heterocycles. The molecule has 0 spiro atoms. The van der Waals surface area contributed by atoms with Crippen LogP contribution in [0.4, 0.5) is 0 Å². The minimum absolute atomic E-state index is 0.179. The molecule has 2 aliphatic rings. The maximum Gasteiger partial charge on any atom is 0.243 e. The van der Waals surface area contributed by atoms with Gasteiger partial charge in [0.15, 0.2) is 0 Å². The number of fused-ring (bicyclic) bond motifs is 1. The van der Waals surface area contributed by atoms with Gasteiger partial charge in [-0.15, -0.1) is 0 Å².